The first-order valence-corrected chi connectivity index (χ1v) is 12.0. The highest BCUT2D eigenvalue weighted by Crippen LogP contribution is 2.27. The van der Waals surface area contributed by atoms with Crippen molar-refractivity contribution in [1.29, 1.82) is 0 Å². The average Bonchev–Trinajstić information content (AvgIpc) is 2.97. The van der Waals surface area contributed by atoms with Crippen LogP contribution >= 0.6 is 46.1 Å². The zero-order chi connectivity index (χ0) is 21.5. The summed E-state index contributed by atoms with van der Waals surface area (Å²) in [6, 6.07) is 16.2. The quantitative estimate of drug-likeness (QED) is 0.373. The Kier molecular flexibility index (Phi) is 5.83. The summed E-state index contributed by atoms with van der Waals surface area (Å²) in [4.78, 5) is 12.4. The van der Waals surface area contributed by atoms with Crippen LogP contribution in [-0.4, -0.2) is 13.0 Å². The van der Waals surface area contributed by atoms with Crippen molar-refractivity contribution in [3.05, 3.63) is 91.0 Å². The lowest BCUT2D eigenvalue weighted by molar-refractivity contribution is 0.601. The Bertz CT molecular complexity index is 1390. The van der Waals surface area contributed by atoms with E-state index < -0.39 is 10.0 Å². The van der Waals surface area contributed by atoms with Crippen LogP contribution in [0.1, 0.15) is 5.56 Å². The highest BCUT2D eigenvalue weighted by Gasteiger charge is 2.18. The molecule has 0 amide bonds. The van der Waals surface area contributed by atoms with E-state index in [9.17, 15) is 13.2 Å². The van der Waals surface area contributed by atoms with Crippen LogP contribution in [0.15, 0.2) is 70.4 Å². The maximum Gasteiger partial charge on any atom is 0.308 e. The van der Waals surface area contributed by atoms with Gasteiger partial charge in [0.05, 0.1) is 27.3 Å². The van der Waals surface area contributed by atoms with Gasteiger partial charge in [0.25, 0.3) is 10.0 Å². The van der Waals surface area contributed by atoms with Gasteiger partial charge in [-0.3, -0.25) is 14.1 Å². The third-order valence-electron chi connectivity index (χ3n) is 4.32. The molecule has 1 N–H and O–H groups in total. The van der Waals surface area contributed by atoms with E-state index in [2.05, 4.69) is 4.72 Å². The van der Waals surface area contributed by atoms with Crippen molar-refractivity contribution in [2.75, 3.05) is 4.72 Å². The van der Waals surface area contributed by atoms with E-state index in [1.165, 1.54) is 30.3 Å². The Morgan fingerprint density at radius 1 is 0.867 bits per heavy atom. The van der Waals surface area contributed by atoms with Gasteiger partial charge in [-0.1, -0.05) is 58.3 Å². The maximum absolute atomic E-state index is 12.8. The lowest BCUT2D eigenvalue weighted by Gasteiger charge is -2.09. The van der Waals surface area contributed by atoms with E-state index in [0.717, 1.165) is 16.9 Å². The van der Waals surface area contributed by atoms with E-state index in [1.54, 1.807) is 22.8 Å². The third-order valence-corrected chi connectivity index (χ3v) is 7.33. The monoisotopic (exact) mass is 498 g/mol. The Balaban J connectivity index is 1.68. The fourth-order valence-electron chi connectivity index (χ4n) is 2.96. The number of nitrogens with one attached hydrogen (secondary N) is 1. The summed E-state index contributed by atoms with van der Waals surface area (Å²) < 4.78 is 30.2. The number of benzene rings is 3. The molecule has 10 heteroatoms. The molecule has 3 aromatic carbocycles. The number of halogens is 3. The first kappa shape index (κ1) is 21.2. The fraction of sp³-hybridized carbons (Fsp3) is 0.0500. The molecule has 1 heterocycles. The molecule has 30 heavy (non-hydrogen) atoms. The van der Waals surface area contributed by atoms with E-state index in [0.29, 0.717) is 31.8 Å². The van der Waals surface area contributed by atoms with Gasteiger partial charge >= 0.3 is 4.87 Å². The zero-order valence-electron chi connectivity index (χ0n) is 15.1. The molecule has 0 radical (unpaired) electrons. The number of anilines is 1. The van der Waals surface area contributed by atoms with E-state index in [1.807, 2.05) is 12.1 Å². The summed E-state index contributed by atoms with van der Waals surface area (Å²) in [6.07, 6.45) is 0. The second-order valence-corrected chi connectivity index (χ2v) is 10.5. The average molecular weight is 500 g/mol. The highest BCUT2D eigenvalue weighted by atomic mass is 35.5. The molecule has 0 saturated heterocycles. The van der Waals surface area contributed by atoms with Gasteiger partial charge in [0.2, 0.25) is 0 Å². The van der Waals surface area contributed by atoms with E-state index >= 15 is 0 Å². The molecule has 0 bridgehead atoms. The number of aromatic nitrogens is 1. The number of hydrogen-bond acceptors (Lipinski definition) is 4. The van der Waals surface area contributed by atoms with Crippen molar-refractivity contribution >= 4 is 72.1 Å². The number of fused-ring (bicyclic) bond motifs is 1. The third kappa shape index (κ3) is 4.50. The van der Waals surface area contributed by atoms with Crippen LogP contribution in [-0.2, 0) is 16.6 Å². The molecule has 0 spiro atoms. The summed E-state index contributed by atoms with van der Waals surface area (Å²) in [7, 11) is -3.89. The number of rotatable bonds is 5. The SMILES string of the molecule is O=c1sc2cc(S(=O)(=O)Nc3cc(Cl)cc(Cl)c3)ccc2n1Cc1ccc(Cl)cc1. The molecular weight excluding hydrogens is 487 g/mol. The summed E-state index contributed by atoms with van der Waals surface area (Å²) in [5.41, 5.74) is 1.82. The minimum atomic E-state index is -3.89. The van der Waals surface area contributed by atoms with Gasteiger partial charge in [0.1, 0.15) is 0 Å². The molecule has 4 aromatic rings. The van der Waals surface area contributed by atoms with Gasteiger partial charge < -0.3 is 0 Å². The molecule has 0 atom stereocenters. The summed E-state index contributed by atoms with van der Waals surface area (Å²) in [5, 5.41) is 1.24. The summed E-state index contributed by atoms with van der Waals surface area (Å²) >= 11 is 18.8. The highest BCUT2D eigenvalue weighted by molar-refractivity contribution is 7.92. The van der Waals surface area contributed by atoms with Gasteiger partial charge in [-0.15, -0.1) is 0 Å². The van der Waals surface area contributed by atoms with Crippen LogP contribution in [0.4, 0.5) is 5.69 Å². The van der Waals surface area contributed by atoms with Crippen LogP contribution in [0, 0.1) is 0 Å². The molecule has 0 saturated carbocycles. The topological polar surface area (TPSA) is 68.2 Å². The second kappa shape index (κ2) is 8.24. The van der Waals surface area contributed by atoms with Crippen LogP contribution in [0.2, 0.25) is 15.1 Å². The molecule has 1 aromatic heterocycles. The predicted octanol–water partition coefficient (Wildman–Crippen LogP) is 5.87. The lowest BCUT2D eigenvalue weighted by Crippen LogP contribution is -2.14. The van der Waals surface area contributed by atoms with Crippen molar-refractivity contribution in [1.82, 2.24) is 4.57 Å². The Morgan fingerprint density at radius 2 is 1.53 bits per heavy atom. The van der Waals surface area contributed by atoms with Gasteiger partial charge in [-0.25, -0.2) is 8.42 Å². The van der Waals surface area contributed by atoms with Crippen molar-refractivity contribution in [3.8, 4) is 0 Å². The van der Waals surface area contributed by atoms with E-state index in [-0.39, 0.29) is 15.5 Å². The van der Waals surface area contributed by atoms with Gasteiger partial charge in [-0.2, -0.15) is 0 Å². The van der Waals surface area contributed by atoms with Gasteiger partial charge in [0.15, 0.2) is 0 Å². The zero-order valence-corrected chi connectivity index (χ0v) is 19.0. The largest absolute Gasteiger partial charge is 0.308 e. The second-order valence-electron chi connectivity index (χ2n) is 6.47. The molecule has 154 valence electrons. The van der Waals surface area contributed by atoms with E-state index in [4.69, 9.17) is 34.8 Å². The van der Waals surface area contributed by atoms with Crippen molar-refractivity contribution in [2.24, 2.45) is 0 Å². The molecule has 0 fully saturated rings. The van der Waals surface area contributed by atoms with Crippen LogP contribution in [0.25, 0.3) is 10.2 Å². The molecule has 4 rings (SSSR count). The number of thiazole rings is 1. The minimum absolute atomic E-state index is 0.0333. The van der Waals surface area contributed by atoms with Crippen molar-refractivity contribution in [2.45, 2.75) is 11.4 Å². The standard InChI is InChI=1S/C20H13Cl3N2O3S2/c21-13-3-1-12(2-4-13)11-25-18-6-5-17(10-19(18)29-20(25)26)30(27,28)24-16-8-14(22)7-15(23)9-16/h1-10,24H,11H2. The van der Waals surface area contributed by atoms with Crippen molar-refractivity contribution < 1.29 is 8.42 Å². The molecule has 0 aliphatic rings. The molecule has 0 aliphatic heterocycles. The van der Waals surface area contributed by atoms with Crippen molar-refractivity contribution in [3.63, 3.8) is 0 Å². The molecule has 0 aliphatic carbocycles. The predicted molar refractivity (Wildman–Crippen MR) is 124 cm³/mol. The van der Waals surface area contributed by atoms with Crippen LogP contribution < -0.4 is 9.60 Å². The first-order valence-electron chi connectivity index (χ1n) is 8.58. The van der Waals surface area contributed by atoms with Gasteiger partial charge in [-0.05, 0) is 54.1 Å². The number of nitrogens with zero attached hydrogens (tertiary/aromatic N) is 1. The smallest absolute Gasteiger partial charge is 0.294 e. The molecule has 0 unspecified atom stereocenters. The first-order chi connectivity index (χ1) is 14.2. The fourth-order valence-corrected chi connectivity index (χ4v) is 5.69. The molecule has 5 nitrogen and oxygen atoms in total. The Hall–Kier alpha value is -2.03. The van der Waals surface area contributed by atoms with Crippen LogP contribution in [0.5, 0.6) is 0 Å². The van der Waals surface area contributed by atoms with Gasteiger partial charge in [0, 0.05) is 15.1 Å². The minimum Gasteiger partial charge on any atom is -0.294 e. The number of sulfonamides is 1. The lowest BCUT2D eigenvalue weighted by atomic mass is 10.2. The summed E-state index contributed by atoms with van der Waals surface area (Å²) in [5.74, 6) is 0. The Morgan fingerprint density at radius 3 is 2.20 bits per heavy atom. The van der Waals surface area contributed by atoms with Crippen LogP contribution in [0.3, 0.4) is 0 Å². The normalized spacial score (nSPS) is 11.7. The summed E-state index contributed by atoms with van der Waals surface area (Å²) in [6.45, 7) is 0.362. The Labute approximate surface area is 191 Å². The molecular formula is C20H13Cl3N2O3S2. The maximum atomic E-state index is 12.8. The number of hydrogen-bond donors (Lipinski definition) is 1.